The lowest BCUT2D eigenvalue weighted by Crippen LogP contribution is -1.96. The monoisotopic (exact) mass is 308 g/mol. The Hall–Kier alpha value is -2.76. The Morgan fingerprint density at radius 2 is 1.55 bits per heavy atom. The smallest absolute Gasteiger partial charge is 0.153 e. The number of halogens is 2. The molecule has 0 radical (unpaired) electrons. The number of aldehydes is 2. The molecule has 2 rings (SSSR count). The van der Waals surface area contributed by atoms with Crippen molar-refractivity contribution in [3.8, 4) is 11.5 Å². The minimum absolute atomic E-state index is 0.0985. The number of carbonyl (C=O) groups excluding carboxylic acids is 2. The molecule has 0 atom stereocenters. The highest BCUT2D eigenvalue weighted by Crippen LogP contribution is 2.17. The Kier molecular flexibility index (Phi) is 6.69. The fraction of sp³-hybridized carbons (Fsp3) is 0.125. The Bertz CT molecular complexity index is 657. The van der Waals surface area contributed by atoms with Gasteiger partial charge >= 0.3 is 0 Å². The van der Waals surface area contributed by atoms with E-state index in [2.05, 4.69) is 0 Å². The van der Waals surface area contributed by atoms with Crippen molar-refractivity contribution >= 4 is 12.6 Å². The number of carbonyl (C=O) groups is 2. The van der Waals surface area contributed by atoms with E-state index in [9.17, 15) is 18.4 Å². The highest BCUT2D eigenvalue weighted by molar-refractivity contribution is 5.79. The zero-order valence-electron chi connectivity index (χ0n) is 11.8. The summed E-state index contributed by atoms with van der Waals surface area (Å²) in [6.07, 6.45) is 1.11. The predicted octanol–water partition coefficient (Wildman–Crippen LogP) is 3.38. The van der Waals surface area contributed by atoms with E-state index in [4.69, 9.17) is 9.84 Å². The molecule has 0 aliphatic rings. The Balaban J connectivity index is 0.000000224. The molecule has 0 fully saturated rings. The summed E-state index contributed by atoms with van der Waals surface area (Å²) >= 11 is 0. The molecule has 0 aliphatic heterocycles. The summed E-state index contributed by atoms with van der Waals surface area (Å²) in [5.74, 6) is -0.977. The highest BCUT2D eigenvalue weighted by atomic mass is 19.1. The van der Waals surface area contributed by atoms with Crippen LogP contribution in [0.4, 0.5) is 8.78 Å². The number of phenols is 1. The number of rotatable bonds is 4. The first-order chi connectivity index (χ1) is 10.5. The molecule has 0 unspecified atom stereocenters. The van der Waals surface area contributed by atoms with Crippen LogP contribution in [0.2, 0.25) is 0 Å². The van der Waals surface area contributed by atoms with Gasteiger partial charge in [0.2, 0.25) is 0 Å². The minimum atomic E-state index is -0.553. The number of phenolic OH excluding ortho intramolecular Hbond substituents is 1. The molecule has 0 spiro atoms. The van der Waals surface area contributed by atoms with Crippen LogP contribution >= 0.6 is 0 Å². The number of hydrogen-bond acceptors (Lipinski definition) is 4. The van der Waals surface area contributed by atoms with Crippen LogP contribution in [-0.2, 0) is 0 Å². The quantitative estimate of drug-likeness (QED) is 0.879. The number of benzene rings is 2. The van der Waals surface area contributed by atoms with Gasteiger partial charge in [-0.2, -0.15) is 0 Å². The maximum atomic E-state index is 12.6. The first kappa shape index (κ1) is 17.3. The number of ether oxygens (including phenoxy) is 1. The van der Waals surface area contributed by atoms with E-state index in [0.29, 0.717) is 30.5 Å². The molecule has 0 aromatic heterocycles. The lowest BCUT2D eigenvalue weighted by molar-refractivity contribution is 0.111. The molecule has 2 aromatic carbocycles. The summed E-state index contributed by atoms with van der Waals surface area (Å²) in [5.41, 5.74) is 0.472. The molecule has 1 N–H and O–H groups in total. The molecule has 4 nitrogen and oxygen atoms in total. The van der Waals surface area contributed by atoms with Crippen LogP contribution in [0.25, 0.3) is 0 Å². The van der Waals surface area contributed by atoms with Gasteiger partial charge in [0.1, 0.15) is 23.1 Å². The van der Waals surface area contributed by atoms with Crippen LogP contribution in [0, 0.1) is 11.6 Å². The van der Waals surface area contributed by atoms with Gasteiger partial charge in [0.15, 0.2) is 12.6 Å². The van der Waals surface area contributed by atoms with E-state index >= 15 is 0 Å². The van der Waals surface area contributed by atoms with Gasteiger partial charge in [-0.1, -0.05) is 0 Å². The van der Waals surface area contributed by atoms with Crippen LogP contribution in [0.15, 0.2) is 36.4 Å². The second-order valence-electron chi connectivity index (χ2n) is 4.05. The third-order valence-corrected chi connectivity index (χ3v) is 2.52. The van der Waals surface area contributed by atoms with Gasteiger partial charge in [-0.05, 0) is 31.2 Å². The standard InChI is InChI=1S/C9H9FO2.C7H5FO2/c1-2-12-9-5-8(10)4-3-7(9)6-11;8-6-2-1-5(4-9)7(10)3-6/h3-6H,2H2,1H3;1-4,10H. The van der Waals surface area contributed by atoms with Crippen molar-refractivity contribution in [2.24, 2.45) is 0 Å². The zero-order chi connectivity index (χ0) is 16.5. The fourth-order valence-corrected chi connectivity index (χ4v) is 1.50. The topological polar surface area (TPSA) is 63.6 Å². The van der Waals surface area contributed by atoms with Crippen LogP contribution in [0.5, 0.6) is 11.5 Å². The molecule has 116 valence electrons. The lowest BCUT2D eigenvalue weighted by atomic mass is 10.2. The maximum absolute atomic E-state index is 12.6. The van der Waals surface area contributed by atoms with E-state index in [1.54, 1.807) is 6.92 Å². The van der Waals surface area contributed by atoms with Crippen LogP contribution in [-0.4, -0.2) is 24.3 Å². The largest absolute Gasteiger partial charge is 0.507 e. The van der Waals surface area contributed by atoms with E-state index in [1.165, 1.54) is 24.3 Å². The van der Waals surface area contributed by atoms with Crippen molar-refractivity contribution in [2.75, 3.05) is 6.61 Å². The Morgan fingerprint density at radius 3 is 2.05 bits per heavy atom. The molecule has 0 aliphatic carbocycles. The van der Waals surface area contributed by atoms with Crippen molar-refractivity contribution in [2.45, 2.75) is 6.92 Å². The van der Waals surface area contributed by atoms with Crippen LogP contribution < -0.4 is 4.74 Å². The second kappa shape index (κ2) is 8.51. The minimum Gasteiger partial charge on any atom is -0.507 e. The van der Waals surface area contributed by atoms with Gasteiger partial charge in [-0.3, -0.25) is 9.59 Å². The second-order valence-corrected chi connectivity index (χ2v) is 4.05. The molecule has 0 saturated carbocycles. The average molecular weight is 308 g/mol. The van der Waals surface area contributed by atoms with Gasteiger partial charge in [-0.25, -0.2) is 8.78 Å². The lowest BCUT2D eigenvalue weighted by Gasteiger charge is -2.04. The summed E-state index contributed by atoms with van der Waals surface area (Å²) in [5, 5.41) is 8.82. The predicted molar refractivity (Wildman–Crippen MR) is 76.4 cm³/mol. The van der Waals surface area contributed by atoms with E-state index in [-0.39, 0.29) is 11.3 Å². The van der Waals surface area contributed by atoms with Crippen molar-refractivity contribution in [1.29, 1.82) is 0 Å². The Morgan fingerprint density at radius 1 is 1.00 bits per heavy atom. The van der Waals surface area contributed by atoms with E-state index < -0.39 is 11.6 Å². The molecule has 0 saturated heterocycles. The summed E-state index contributed by atoms with van der Waals surface area (Å²) in [7, 11) is 0. The van der Waals surface area contributed by atoms with Gasteiger partial charge in [-0.15, -0.1) is 0 Å². The molecule has 22 heavy (non-hydrogen) atoms. The zero-order valence-corrected chi connectivity index (χ0v) is 11.8. The Labute approximate surface area is 126 Å². The normalized spacial score (nSPS) is 9.41. The van der Waals surface area contributed by atoms with Gasteiger partial charge in [0.25, 0.3) is 0 Å². The molecule has 6 heteroatoms. The average Bonchev–Trinajstić information content (AvgIpc) is 2.49. The van der Waals surface area contributed by atoms with Crippen molar-refractivity contribution < 1.29 is 28.2 Å². The third-order valence-electron chi connectivity index (χ3n) is 2.52. The first-order valence-electron chi connectivity index (χ1n) is 6.33. The fourth-order valence-electron chi connectivity index (χ4n) is 1.50. The third kappa shape index (κ3) is 4.97. The summed E-state index contributed by atoms with van der Waals surface area (Å²) in [6.45, 7) is 2.20. The first-order valence-corrected chi connectivity index (χ1v) is 6.33. The number of hydrogen-bond donors (Lipinski definition) is 1. The van der Waals surface area contributed by atoms with Crippen LogP contribution in [0.1, 0.15) is 27.6 Å². The van der Waals surface area contributed by atoms with Crippen LogP contribution in [0.3, 0.4) is 0 Å². The molecule has 2 aromatic rings. The molecular formula is C16H14F2O4. The molecule has 0 heterocycles. The molecule has 0 amide bonds. The summed E-state index contributed by atoms with van der Waals surface area (Å²) in [6, 6.07) is 7.05. The van der Waals surface area contributed by atoms with Crippen molar-refractivity contribution in [3.05, 3.63) is 59.2 Å². The summed E-state index contributed by atoms with van der Waals surface area (Å²) < 4.78 is 29.9. The maximum Gasteiger partial charge on any atom is 0.153 e. The van der Waals surface area contributed by atoms with E-state index in [1.807, 2.05) is 0 Å². The van der Waals surface area contributed by atoms with Gasteiger partial charge in [0, 0.05) is 12.1 Å². The van der Waals surface area contributed by atoms with Gasteiger partial charge in [0.05, 0.1) is 17.7 Å². The van der Waals surface area contributed by atoms with Crippen molar-refractivity contribution in [1.82, 2.24) is 0 Å². The van der Waals surface area contributed by atoms with E-state index in [0.717, 1.165) is 12.1 Å². The number of aromatic hydroxyl groups is 1. The highest BCUT2D eigenvalue weighted by Gasteiger charge is 2.02. The summed E-state index contributed by atoms with van der Waals surface area (Å²) in [4.78, 5) is 20.5. The van der Waals surface area contributed by atoms with Gasteiger partial charge < -0.3 is 9.84 Å². The molecular weight excluding hydrogens is 294 g/mol. The van der Waals surface area contributed by atoms with Crippen molar-refractivity contribution in [3.63, 3.8) is 0 Å². The molecule has 0 bridgehead atoms. The SMILES string of the molecule is CCOc1cc(F)ccc1C=O.O=Cc1ccc(F)cc1O.